The monoisotopic (exact) mass is 420 g/mol. The molecule has 1 saturated heterocycles. The number of rotatable bonds is 5. The second-order valence-corrected chi connectivity index (χ2v) is 7.26. The number of halogens is 1. The maximum Gasteiger partial charge on any atom is 0.333 e. The fourth-order valence-electron chi connectivity index (χ4n) is 3.84. The molecule has 4 rings (SSSR count). The van der Waals surface area contributed by atoms with Gasteiger partial charge in [-0.25, -0.2) is 9.69 Å². The first kappa shape index (κ1) is 19.7. The molecule has 7 heteroatoms. The summed E-state index contributed by atoms with van der Waals surface area (Å²) in [6, 6.07) is 23.5. The molecule has 1 fully saturated rings. The third kappa shape index (κ3) is 3.02. The maximum absolute atomic E-state index is 13.8. The molecule has 1 heterocycles. The molecule has 1 N–H and O–H groups in total. The lowest BCUT2D eigenvalue weighted by Gasteiger charge is -2.36. The van der Waals surface area contributed by atoms with Crippen molar-refractivity contribution >= 4 is 35.2 Å². The van der Waals surface area contributed by atoms with E-state index >= 15 is 0 Å². The Hall–Kier alpha value is -3.64. The summed E-state index contributed by atoms with van der Waals surface area (Å²) in [6.07, 6.45) is 0. The molecule has 0 radical (unpaired) electrons. The number of imide groups is 1. The van der Waals surface area contributed by atoms with Crippen molar-refractivity contribution in [2.75, 3.05) is 11.4 Å². The quantitative estimate of drug-likeness (QED) is 0.629. The van der Waals surface area contributed by atoms with Crippen molar-refractivity contribution in [2.24, 2.45) is 0 Å². The van der Waals surface area contributed by atoms with Crippen molar-refractivity contribution < 1.29 is 19.5 Å². The number of nitrogens with zero attached hydrogens (tertiary/aromatic N) is 2. The van der Waals surface area contributed by atoms with Crippen LogP contribution in [0.25, 0.3) is 0 Å². The minimum absolute atomic E-state index is 0.429. The number of amides is 3. The third-order valence-corrected chi connectivity index (χ3v) is 5.33. The largest absolute Gasteiger partial charge is 0.480 e. The Bertz CT molecular complexity index is 1060. The minimum Gasteiger partial charge on any atom is -0.480 e. The average molecular weight is 421 g/mol. The minimum atomic E-state index is -1.55. The van der Waals surface area contributed by atoms with Crippen LogP contribution in [0.4, 0.5) is 10.5 Å². The van der Waals surface area contributed by atoms with E-state index in [4.69, 9.17) is 11.6 Å². The van der Waals surface area contributed by atoms with Gasteiger partial charge in [-0.15, -0.1) is 0 Å². The molecule has 30 heavy (non-hydrogen) atoms. The Morgan fingerprint density at radius 3 is 1.80 bits per heavy atom. The fourth-order valence-corrected chi connectivity index (χ4v) is 3.97. The zero-order chi connectivity index (χ0) is 21.3. The number of carboxylic acids is 1. The zero-order valence-electron chi connectivity index (χ0n) is 15.7. The van der Waals surface area contributed by atoms with Gasteiger partial charge in [0.05, 0.1) is 0 Å². The Labute approximate surface area is 177 Å². The van der Waals surface area contributed by atoms with E-state index in [9.17, 15) is 19.5 Å². The van der Waals surface area contributed by atoms with Gasteiger partial charge in [0.25, 0.3) is 5.91 Å². The van der Waals surface area contributed by atoms with Crippen molar-refractivity contribution in [3.63, 3.8) is 0 Å². The highest BCUT2D eigenvalue weighted by Crippen LogP contribution is 2.45. The summed E-state index contributed by atoms with van der Waals surface area (Å²) in [7, 11) is 0. The molecule has 150 valence electrons. The van der Waals surface area contributed by atoms with Crippen LogP contribution in [-0.4, -0.2) is 34.5 Å². The van der Waals surface area contributed by atoms with Gasteiger partial charge in [-0.1, -0.05) is 72.3 Å². The van der Waals surface area contributed by atoms with E-state index in [0.29, 0.717) is 21.8 Å². The molecule has 1 aliphatic rings. The number of hydrogen-bond acceptors (Lipinski definition) is 3. The van der Waals surface area contributed by atoms with E-state index in [0.717, 1.165) is 4.90 Å². The SMILES string of the molecule is O=C(O)CN1C(=O)N(c2ccc(Cl)cc2)C(c2ccccc2)(c2ccccc2)C1=O. The molecule has 3 aromatic rings. The van der Waals surface area contributed by atoms with Gasteiger partial charge >= 0.3 is 12.0 Å². The predicted molar refractivity (Wildman–Crippen MR) is 112 cm³/mol. The number of hydrogen-bond donors (Lipinski definition) is 1. The molecule has 0 saturated carbocycles. The smallest absolute Gasteiger partial charge is 0.333 e. The van der Waals surface area contributed by atoms with Gasteiger partial charge in [-0.3, -0.25) is 14.5 Å². The lowest BCUT2D eigenvalue weighted by Crippen LogP contribution is -2.48. The number of carbonyl (C=O) groups excluding carboxylic acids is 2. The van der Waals surface area contributed by atoms with Crippen LogP contribution in [0.1, 0.15) is 11.1 Å². The van der Waals surface area contributed by atoms with E-state index in [2.05, 4.69) is 0 Å². The van der Waals surface area contributed by atoms with Gasteiger partial charge in [0, 0.05) is 10.7 Å². The molecule has 1 aliphatic heterocycles. The van der Waals surface area contributed by atoms with Crippen LogP contribution in [0.5, 0.6) is 0 Å². The second-order valence-electron chi connectivity index (χ2n) is 6.82. The summed E-state index contributed by atoms with van der Waals surface area (Å²) < 4.78 is 0. The molecule has 0 spiro atoms. The summed E-state index contributed by atoms with van der Waals surface area (Å²) in [6.45, 7) is -0.733. The zero-order valence-corrected chi connectivity index (χ0v) is 16.5. The van der Waals surface area contributed by atoms with E-state index in [1.807, 2.05) is 12.1 Å². The lowest BCUT2D eigenvalue weighted by molar-refractivity contribution is -0.142. The standard InChI is InChI=1S/C23H17ClN2O4/c24-18-11-13-19(14-12-18)26-22(30)25(15-20(27)28)21(29)23(26,16-7-3-1-4-8-16)17-9-5-2-6-10-17/h1-14H,15H2,(H,27,28). The van der Waals surface area contributed by atoms with E-state index < -0.39 is 30.0 Å². The highest BCUT2D eigenvalue weighted by Gasteiger charge is 2.60. The van der Waals surface area contributed by atoms with Crippen LogP contribution in [0.2, 0.25) is 5.02 Å². The van der Waals surface area contributed by atoms with Crippen LogP contribution in [0.3, 0.4) is 0 Å². The molecule has 0 aromatic heterocycles. The normalized spacial score (nSPS) is 15.5. The van der Waals surface area contributed by atoms with Gasteiger partial charge in [-0.2, -0.15) is 0 Å². The number of carbonyl (C=O) groups is 3. The molecular weight excluding hydrogens is 404 g/mol. The van der Waals surface area contributed by atoms with Gasteiger partial charge in [0.1, 0.15) is 6.54 Å². The van der Waals surface area contributed by atoms with Crippen LogP contribution >= 0.6 is 11.6 Å². The first-order chi connectivity index (χ1) is 14.5. The van der Waals surface area contributed by atoms with Gasteiger partial charge in [0.2, 0.25) is 0 Å². The van der Waals surface area contributed by atoms with Crippen LogP contribution in [0.15, 0.2) is 84.9 Å². The molecule has 6 nitrogen and oxygen atoms in total. The fraction of sp³-hybridized carbons (Fsp3) is 0.0870. The van der Waals surface area contributed by atoms with E-state index in [1.165, 1.54) is 4.90 Å². The molecule has 0 aliphatic carbocycles. The number of anilines is 1. The van der Waals surface area contributed by atoms with E-state index in [1.54, 1.807) is 72.8 Å². The summed E-state index contributed by atoms with van der Waals surface area (Å²) in [5, 5.41) is 9.81. The number of benzene rings is 3. The highest BCUT2D eigenvalue weighted by atomic mass is 35.5. The Morgan fingerprint density at radius 1 is 0.833 bits per heavy atom. The number of aliphatic carboxylic acids is 1. The van der Waals surface area contributed by atoms with Crippen molar-refractivity contribution in [1.82, 2.24) is 4.90 Å². The lowest BCUT2D eigenvalue weighted by atomic mass is 9.81. The van der Waals surface area contributed by atoms with Crippen LogP contribution < -0.4 is 4.90 Å². The summed E-state index contributed by atoms with van der Waals surface area (Å²) in [5.41, 5.74) is -0.0174. The molecule has 0 bridgehead atoms. The topological polar surface area (TPSA) is 77.9 Å². The van der Waals surface area contributed by atoms with Crippen molar-refractivity contribution in [2.45, 2.75) is 5.54 Å². The van der Waals surface area contributed by atoms with Crippen molar-refractivity contribution in [1.29, 1.82) is 0 Å². The van der Waals surface area contributed by atoms with Crippen molar-refractivity contribution in [3.05, 3.63) is 101 Å². The third-order valence-electron chi connectivity index (χ3n) is 5.07. The molecular formula is C23H17ClN2O4. The summed E-state index contributed by atoms with van der Waals surface area (Å²) in [5.74, 6) is -1.90. The van der Waals surface area contributed by atoms with E-state index in [-0.39, 0.29) is 0 Å². The predicted octanol–water partition coefficient (Wildman–Crippen LogP) is 4.14. The van der Waals surface area contributed by atoms with Crippen LogP contribution in [0, 0.1) is 0 Å². The molecule has 3 amide bonds. The second kappa shape index (κ2) is 7.65. The summed E-state index contributed by atoms with van der Waals surface area (Å²) in [4.78, 5) is 40.8. The van der Waals surface area contributed by atoms with Gasteiger partial charge in [-0.05, 0) is 35.4 Å². The summed E-state index contributed by atoms with van der Waals surface area (Å²) >= 11 is 6.03. The van der Waals surface area contributed by atoms with Crippen molar-refractivity contribution in [3.8, 4) is 0 Å². The number of carboxylic acid groups (broad SMARTS) is 1. The average Bonchev–Trinajstić information content (AvgIpc) is 2.97. The Kier molecular flexibility index (Phi) is 5.01. The highest BCUT2D eigenvalue weighted by molar-refractivity contribution is 6.30. The first-order valence-electron chi connectivity index (χ1n) is 9.21. The molecule has 3 aromatic carbocycles. The number of urea groups is 1. The Morgan fingerprint density at radius 2 is 1.33 bits per heavy atom. The van der Waals surface area contributed by atoms with Gasteiger partial charge < -0.3 is 5.11 Å². The Balaban J connectivity index is 2.05. The van der Waals surface area contributed by atoms with Crippen LogP contribution in [-0.2, 0) is 15.1 Å². The molecule has 0 atom stereocenters. The first-order valence-corrected chi connectivity index (χ1v) is 9.58. The molecule has 0 unspecified atom stereocenters. The maximum atomic E-state index is 13.8. The van der Waals surface area contributed by atoms with Gasteiger partial charge in [0.15, 0.2) is 5.54 Å².